The van der Waals surface area contributed by atoms with E-state index in [0.29, 0.717) is 16.9 Å². The van der Waals surface area contributed by atoms with Gasteiger partial charge in [0.1, 0.15) is 11.4 Å². The summed E-state index contributed by atoms with van der Waals surface area (Å²) in [6.45, 7) is 13.2. The van der Waals surface area contributed by atoms with E-state index in [1.165, 1.54) is 12.1 Å². The van der Waals surface area contributed by atoms with Gasteiger partial charge in [0.05, 0.1) is 22.6 Å². The third-order valence-electron chi connectivity index (χ3n) is 7.76. The van der Waals surface area contributed by atoms with Crippen LogP contribution in [0.4, 0.5) is 25.8 Å². The summed E-state index contributed by atoms with van der Waals surface area (Å²) in [6.07, 6.45) is 2.12. The average molecular weight is 550 g/mol. The highest BCUT2D eigenvalue weighted by Crippen LogP contribution is 2.54. The van der Waals surface area contributed by atoms with Crippen LogP contribution in [0.5, 0.6) is 0 Å². The lowest BCUT2D eigenvalue weighted by Crippen LogP contribution is -2.38. The molecule has 0 unspecified atom stereocenters. The van der Waals surface area contributed by atoms with E-state index >= 15 is 0 Å². The maximum absolute atomic E-state index is 14.4. The molecule has 11 heteroatoms. The number of para-hydroxylation sites is 1. The summed E-state index contributed by atoms with van der Waals surface area (Å²) in [7, 11) is 0. The van der Waals surface area contributed by atoms with Crippen molar-refractivity contribution in [2.24, 2.45) is 16.3 Å². The Kier molecular flexibility index (Phi) is 6.73. The Hall–Kier alpha value is -4.12. The van der Waals surface area contributed by atoms with Crippen LogP contribution in [0.1, 0.15) is 49.7 Å². The zero-order chi connectivity index (χ0) is 29.0. The Bertz CT molecular complexity index is 1540. The van der Waals surface area contributed by atoms with E-state index in [4.69, 9.17) is 5.73 Å². The Morgan fingerprint density at radius 1 is 1.15 bits per heavy atom. The summed E-state index contributed by atoms with van der Waals surface area (Å²) in [5, 5.41) is 13.0. The molecule has 0 bridgehead atoms. The molecule has 2 aromatic carbocycles. The van der Waals surface area contributed by atoms with E-state index < -0.39 is 28.8 Å². The number of rotatable bonds is 6. The van der Waals surface area contributed by atoms with Crippen LogP contribution in [0.2, 0.25) is 0 Å². The van der Waals surface area contributed by atoms with Gasteiger partial charge in [-0.3, -0.25) is 14.6 Å². The molecule has 210 valence electrons. The second kappa shape index (κ2) is 9.81. The van der Waals surface area contributed by atoms with Gasteiger partial charge in [-0.2, -0.15) is 14.9 Å². The third kappa shape index (κ3) is 4.74. The first-order chi connectivity index (χ1) is 18.9. The number of benzene rings is 2. The molecule has 1 spiro atoms. The molecule has 0 radical (unpaired) electrons. The minimum Gasteiger partial charge on any atom is -0.367 e. The highest BCUT2D eigenvalue weighted by molar-refractivity contribution is 6.05. The molecule has 9 nitrogen and oxygen atoms in total. The molecular formula is C29H33F2N7O2. The van der Waals surface area contributed by atoms with Crippen LogP contribution < -0.4 is 26.5 Å². The number of nitrogens with two attached hydrogens (primary N) is 1. The van der Waals surface area contributed by atoms with Gasteiger partial charge < -0.3 is 16.0 Å². The summed E-state index contributed by atoms with van der Waals surface area (Å²) >= 11 is 0. The summed E-state index contributed by atoms with van der Waals surface area (Å²) < 4.78 is 29.4. The van der Waals surface area contributed by atoms with Gasteiger partial charge in [0, 0.05) is 37.3 Å². The predicted octanol–water partition coefficient (Wildman–Crippen LogP) is 4.22. The van der Waals surface area contributed by atoms with Crippen molar-refractivity contribution in [2.45, 2.75) is 52.1 Å². The van der Waals surface area contributed by atoms with E-state index in [1.807, 2.05) is 38.8 Å². The molecule has 3 N–H and O–H groups in total. The van der Waals surface area contributed by atoms with Gasteiger partial charge in [0.15, 0.2) is 11.6 Å². The number of carbonyl (C=O) groups excluding carboxylic acids is 1. The fourth-order valence-electron chi connectivity index (χ4n) is 5.50. The summed E-state index contributed by atoms with van der Waals surface area (Å²) in [6, 6.07) is 9.15. The third-order valence-corrected chi connectivity index (χ3v) is 7.76. The number of hydrogen-bond acceptors (Lipinski definition) is 7. The van der Waals surface area contributed by atoms with Gasteiger partial charge in [0.2, 0.25) is 0 Å². The molecule has 2 fully saturated rings. The second-order valence-corrected chi connectivity index (χ2v) is 11.6. The largest absolute Gasteiger partial charge is 0.367 e. The maximum Gasteiger partial charge on any atom is 0.276 e. The molecule has 2 heterocycles. The highest BCUT2D eigenvalue weighted by atomic mass is 19.1. The van der Waals surface area contributed by atoms with E-state index in [9.17, 15) is 18.4 Å². The number of anilines is 3. The first kappa shape index (κ1) is 27.4. The van der Waals surface area contributed by atoms with Gasteiger partial charge in [-0.05, 0) is 76.4 Å². The summed E-state index contributed by atoms with van der Waals surface area (Å²) in [5.74, 6) is -2.59. The monoisotopic (exact) mass is 549 g/mol. The number of hydrogen-bond donors (Lipinski definition) is 2. The molecule has 1 saturated carbocycles. The number of amides is 1. The summed E-state index contributed by atoms with van der Waals surface area (Å²) in [4.78, 5) is 28.1. The van der Waals surface area contributed by atoms with Crippen molar-refractivity contribution in [1.29, 1.82) is 0 Å². The maximum atomic E-state index is 14.4. The molecule has 1 aliphatic carbocycles. The molecule has 3 aromatic rings. The van der Waals surface area contributed by atoms with Crippen LogP contribution >= 0.6 is 0 Å². The number of carbonyl (C=O) groups is 1. The zero-order valence-corrected chi connectivity index (χ0v) is 23.0. The van der Waals surface area contributed by atoms with Gasteiger partial charge in [0.25, 0.3) is 11.5 Å². The van der Waals surface area contributed by atoms with Crippen LogP contribution in [0.3, 0.4) is 0 Å². The van der Waals surface area contributed by atoms with Crippen molar-refractivity contribution in [1.82, 2.24) is 9.78 Å². The first-order valence-corrected chi connectivity index (χ1v) is 13.1. The Morgan fingerprint density at radius 2 is 1.82 bits per heavy atom. The van der Waals surface area contributed by atoms with E-state index in [2.05, 4.69) is 27.1 Å². The van der Waals surface area contributed by atoms with Gasteiger partial charge in [-0.25, -0.2) is 8.78 Å². The van der Waals surface area contributed by atoms with Crippen LogP contribution in [0.15, 0.2) is 52.4 Å². The molecule has 1 saturated heterocycles. The minimum atomic E-state index is -0.973. The molecule has 1 amide bonds. The van der Waals surface area contributed by atoms with Crippen molar-refractivity contribution in [3.63, 3.8) is 0 Å². The average Bonchev–Trinajstić information content (AvgIpc) is 3.59. The van der Waals surface area contributed by atoms with E-state index in [-0.39, 0.29) is 22.7 Å². The van der Waals surface area contributed by atoms with Gasteiger partial charge in [-0.1, -0.05) is 6.07 Å². The molecule has 40 heavy (non-hydrogen) atoms. The number of halogens is 2. The van der Waals surface area contributed by atoms with Crippen LogP contribution in [-0.2, 0) is 0 Å². The Balaban J connectivity index is 1.55. The van der Waals surface area contributed by atoms with Crippen molar-refractivity contribution < 1.29 is 13.6 Å². The predicted molar refractivity (Wildman–Crippen MR) is 153 cm³/mol. The smallest absolute Gasteiger partial charge is 0.276 e. The second-order valence-electron chi connectivity index (χ2n) is 11.6. The quantitative estimate of drug-likeness (QED) is 0.352. The van der Waals surface area contributed by atoms with Crippen molar-refractivity contribution in [3.8, 4) is 5.69 Å². The van der Waals surface area contributed by atoms with Gasteiger partial charge in [-0.15, -0.1) is 0 Å². The molecule has 1 aliphatic heterocycles. The van der Waals surface area contributed by atoms with Crippen molar-refractivity contribution in [3.05, 3.63) is 75.7 Å². The molecule has 2 aliphatic rings. The Labute approximate surface area is 231 Å². The SMILES string of the molecule is C=NN(c1ccc(NC(=O)c2ccc(=O)n(-c3c(F)cccc3F)n2)c(N2C[C@H](N)C3(CC3)C2)c1C)C(C)(C)C. The number of hydrazone groups is 1. The van der Waals surface area contributed by atoms with Crippen LogP contribution in [0, 0.1) is 24.0 Å². The van der Waals surface area contributed by atoms with Crippen LogP contribution in [-0.4, -0.2) is 47.1 Å². The number of nitrogens with zero attached hydrogens (tertiary/aromatic N) is 5. The standard InChI is InChI=1S/C29H33F2N7O2/c1-17-22(38(33-5)28(2,3)4)11-9-20(25(17)36-15-23(32)29(16-36)13-14-29)34-27(40)21-10-12-24(39)37(35-21)26-18(30)7-6-8-19(26)31/h6-12,23H,5,13-16,32H2,1-4H3,(H,34,40)/t23-/m0/s1. The number of nitrogens with one attached hydrogen (secondary N) is 1. The number of aromatic nitrogens is 2. The lowest BCUT2D eigenvalue weighted by molar-refractivity contribution is 0.102. The lowest BCUT2D eigenvalue weighted by atomic mass is 10.0. The molecular weight excluding hydrogens is 516 g/mol. The topological polar surface area (TPSA) is 109 Å². The highest BCUT2D eigenvalue weighted by Gasteiger charge is 2.54. The van der Waals surface area contributed by atoms with E-state index in [0.717, 1.165) is 54.5 Å². The molecule has 1 aromatic heterocycles. The van der Waals surface area contributed by atoms with E-state index in [1.54, 1.807) is 6.07 Å². The van der Waals surface area contributed by atoms with Crippen molar-refractivity contribution >= 4 is 29.7 Å². The van der Waals surface area contributed by atoms with Crippen LogP contribution in [0.25, 0.3) is 5.69 Å². The molecule has 1 atom stereocenters. The minimum absolute atomic E-state index is 0.0104. The van der Waals surface area contributed by atoms with Gasteiger partial charge >= 0.3 is 0 Å². The fraction of sp³-hybridized carbons (Fsp3) is 0.379. The zero-order valence-electron chi connectivity index (χ0n) is 23.0. The summed E-state index contributed by atoms with van der Waals surface area (Å²) in [5.41, 5.74) is 7.68. The first-order valence-electron chi connectivity index (χ1n) is 13.1. The lowest BCUT2D eigenvalue weighted by Gasteiger charge is -2.35. The van der Waals surface area contributed by atoms with Crippen molar-refractivity contribution in [2.75, 3.05) is 28.3 Å². The Morgan fingerprint density at radius 3 is 2.40 bits per heavy atom. The fourth-order valence-corrected chi connectivity index (χ4v) is 5.50. The normalized spacial score (nSPS) is 17.7. The molecule has 5 rings (SSSR count).